The zero-order chi connectivity index (χ0) is 15.2. The number of nitrogens with one attached hydrogen (secondary N) is 1. The maximum absolute atomic E-state index is 12.1. The minimum Gasteiger partial charge on any atom is -0.356 e. The lowest BCUT2D eigenvalue weighted by Gasteiger charge is -2.25. The van der Waals surface area contributed by atoms with E-state index in [1.165, 1.54) is 6.42 Å². The van der Waals surface area contributed by atoms with Crippen molar-refractivity contribution in [3.63, 3.8) is 0 Å². The fraction of sp³-hybridized carbons (Fsp3) is 0.562. The number of benzene rings is 1. The van der Waals surface area contributed by atoms with Crippen LogP contribution in [-0.4, -0.2) is 16.7 Å². The fourth-order valence-electron chi connectivity index (χ4n) is 2.94. The van der Waals surface area contributed by atoms with Gasteiger partial charge in [0, 0.05) is 12.5 Å². The number of nitrogens with two attached hydrogens (primary N) is 1. The molecule has 1 amide bonds. The van der Waals surface area contributed by atoms with Crippen molar-refractivity contribution in [1.82, 2.24) is 5.32 Å². The number of amides is 1. The Kier molecular flexibility index (Phi) is 5.94. The third-order valence-electron chi connectivity index (χ3n) is 4.18. The van der Waals surface area contributed by atoms with Crippen molar-refractivity contribution in [2.45, 2.75) is 43.9 Å². The Labute approximate surface area is 129 Å². The van der Waals surface area contributed by atoms with Gasteiger partial charge >= 0.3 is 0 Å². The van der Waals surface area contributed by atoms with E-state index >= 15 is 0 Å². The first-order chi connectivity index (χ1) is 10.1. The molecule has 2 rings (SSSR count). The number of hydrogen-bond acceptors (Lipinski definition) is 2. The quantitative estimate of drug-likeness (QED) is 0.875. The van der Waals surface area contributed by atoms with Gasteiger partial charge < -0.3 is 5.32 Å². The van der Waals surface area contributed by atoms with E-state index in [0.717, 1.165) is 31.2 Å². The van der Waals surface area contributed by atoms with E-state index in [-0.39, 0.29) is 11.8 Å². The zero-order valence-electron chi connectivity index (χ0n) is 12.5. The van der Waals surface area contributed by atoms with Gasteiger partial charge in [0.25, 0.3) is 0 Å². The molecule has 3 unspecified atom stereocenters. The smallest absolute Gasteiger partial charge is 0.223 e. The summed E-state index contributed by atoms with van der Waals surface area (Å²) in [6.45, 7) is 2.87. The molecule has 4 nitrogen and oxygen atoms in total. The highest BCUT2D eigenvalue weighted by Crippen LogP contribution is 2.28. The van der Waals surface area contributed by atoms with E-state index in [0.29, 0.717) is 17.4 Å². The lowest BCUT2D eigenvalue weighted by molar-refractivity contribution is -0.126. The minimum atomic E-state index is -1.43. The molecule has 0 heterocycles. The first-order valence-corrected chi connectivity index (χ1v) is 8.80. The lowest BCUT2D eigenvalue weighted by Crippen LogP contribution is -2.34. The minimum absolute atomic E-state index is 0.191. The van der Waals surface area contributed by atoms with Gasteiger partial charge in [0.1, 0.15) is 11.0 Å². The Morgan fingerprint density at radius 3 is 2.67 bits per heavy atom. The van der Waals surface area contributed by atoms with Crippen molar-refractivity contribution >= 4 is 16.9 Å². The number of carbonyl (C=O) groups is 1. The Morgan fingerprint density at radius 2 is 2.05 bits per heavy atom. The molecule has 0 aromatic heterocycles. The zero-order valence-corrected chi connectivity index (χ0v) is 13.3. The molecule has 1 aromatic rings. The van der Waals surface area contributed by atoms with E-state index in [9.17, 15) is 9.00 Å². The van der Waals surface area contributed by atoms with Crippen LogP contribution in [0, 0.1) is 11.8 Å². The summed E-state index contributed by atoms with van der Waals surface area (Å²) in [7, 11) is -1.43. The Balaban J connectivity index is 1.75. The van der Waals surface area contributed by atoms with E-state index in [2.05, 4.69) is 12.2 Å². The number of carbonyl (C=O) groups excluding carboxylic acids is 1. The van der Waals surface area contributed by atoms with Crippen LogP contribution < -0.4 is 10.5 Å². The molecule has 0 spiro atoms. The molecule has 0 bridgehead atoms. The van der Waals surface area contributed by atoms with Crippen LogP contribution in [0.5, 0.6) is 0 Å². The predicted molar refractivity (Wildman–Crippen MR) is 84.9 cm³/mol. The van der Waals surface area contributed by atoms with Crippen molar-refractivity contribution in [3.05, 3.63) is 29.8 Å². The summed E-state index contributed by atoms with van der Waals surface area (Å²) >= 11 is 0. The summed E-state index contributed by atoms with van der Waals surface area (Å²) in [5.41, 5.74) is 1.11. The second-order valence-corrected chi connectivity index (χ2v) is 7.02. The van der Waals surface area contributed by atoms with E-state index < -0.39 is 11.0 Å². The summed E-state index contributed by atoms with van der Waals surface area (Å²) in [4.78, 5) is 12.7. The first-order valence-electron chi connectivity index (χ1n) is 7.59. The van der Waals surface area contributed by atoms with E-state index in [1.807, 2.05) is 12.1 Å². The summed E-state index contributed by atoms with van der Waals surface area (Å²) in [6.07, 6.45) is 5.23. The average Bonchev–Trinajstić information content (AvgIpc) is 2.47. The second-order valence-electron chi connectivity index (χ2n) is 5.95. The van der Waals surface area contributed by atoms with Crippen LogP contribution in [0.25, 0.3) is 0 Å². The predicted octanol–water partition coefficient (Wildman–Crippen LogP) is 2.15. The Morgan fingerprint density at radius 1 is 1.33 bits per heavy atom. The first kappa shape index (κ1) is 16.2. The van der Waals surface area contributed by atoms with Crippen molar-refractivity contribution < 1.29 is 9.00 Å². The van der Waals surface area contributed by atoms with Crippen LogP contribution in [0.2, 0.25) is 0 Å². The highest BCUT2D eigenvalue weighted by atomic mass is 32.2. The molecule has 0 aliphatic heterocycles. The molecular weight excluding hydrogens is 284 g/mol. The third-order valence-corrected chi connectivity index (χ3v) is 4.91. The average molecular weight is 308 g/mol. The summed E-state index contributed by atoms with van der Waals surface area (Å²) in [5.74, 6) is 1.05. The van der Waals surface area contributed by atoms with Crippen LogP contribution in [0.4, 0.5) is 0 Å². The summed E-state index contributed by atoms with van der Waals surface area (Å²) in [6, 6.07) is 7.37. The van der Waals surface area contributed by atoms with Crippen LogP contribution >= 0.6 is 0 Å². The highest BCUT2D eigenvalue weighted by molar-refractivity contribution is 7.82. The van der Waals surface area contributed by atoms with Gasteiger partial charge in [0.2, 0.25) is 5.91 Å². The molecule has 0 saturated heterocycles. The van der Waals surface area contributed by atoms with Gasteiger partial charge in [-0.3, -0.25) is 4.79 Å². The van der Waals surface area contributed by atoms with E-state index in [4.69, 9.17) is 5.14 Å². The molecule has 1 saturated carbocycles. The molecular formula is C16H24N2O2S. The Bertz CT molecular complexity index is 502. The van der Waals surface area contributed by atoms with Gasteiger partial charge in [-0.2, -0.15) is 0 Å². The van der Waals surface area contributed by atoms with Gasteiger partial charge in [0.15, 0.2) is 0 Å². The molecule has 3 N–H and O–H groups in total. The Hall–Kier alpha value is -1.20. The summed E-state index contributed by atoms with van der Waals surface area (Å²) < 4.78 is 11.1. The number of hydrogen-bond donors (Lipinski definition) is 2. The van der Waals surface area contributed by atoms with Crippen molar-refractivity contribution in [2.75, 3.05) is 6.54 Å². The molecule has 3 atom stereocenters. The van der Waals surface area contributed by atoms with Crippen molar-refractivity contribution in [1.29, 1.82) is 0 Å². The lowest BCUT2D eigenvalue weighted by atomic mass is 9.82. The second kappa shape index (κ2) is 7.71. The van der Waals surface area contributed by atoms with Gasteiger partial charge in [-0.1, -0.05) is 31.9 Å². The van der Waals surface area contributed by atoms with Crippen LogP contribution in [0.1, 0.15) is 38.2 Å². The molecule has 1 aliphatic rings. The molecule has 116 valence electrons. The van der Waals surface area contributed by atoms with Crippen LogP contribution in [0.3, 0.4) is 0 Å². The monoisotopic (exact) mass is 308 g/mol. The maximum atomic E-state index is 12.1. The van der Waals surface area contributed by atoms with Gasteiger partial charge in [-0.15, -0.1) is 0 Å². The normalized spacial score (nSPS) is 23.5. The van der Waals surface area contributed by atoms with Gasteiger partial charge in [-0.25, -0.2) is 9.35 Å². The maximum Gasteiger partial charge on any atom is 0.223 e. The van der Waals surface area contributed by atoms with E-state index in [1.54, 1.807) is 12.1 Å². The molecule has 1 aliphatic carbocycles. The topological polar surface area (TPSA) is 72.2 Å². The van der Waals surface area contributed by atoms with Crippen LogP contribution in [0.15, 0.2) is 29.2 Å². The largest absolute Gasteiger partial charge is 0.356 e. The van der Waals surface area contributed by atoms with Crippen LogP contribution in [-0.2, 0) is 22.2 Å². The molecule has 21 heavy (non-hydrogen) atoms. The molecule has 5 heteroatoms. The standard InChI is InChI=1S/C16H24N2O2S/c1-12-3-2-4-14(11-12)16(19)18-10-9-13-5-7-15(8-6-13)21(17)20/h5-8,12,14H,2-4,9-11,17H2,1H3,(H,18,19). The van der Waals surface area contributed by atoms with Crippen molar-refractivity contribution in [2.24, 2.45) is 17.0 Å². The SMILES string of the molecule is CC1CCCC(C(=O)NCCc2ccc(S(N)=O)cc2)C1. The molecule has 0 radical (unpaired) electrons. The third kappa shape index (κ3) is 4.93. The number of rotatable bonds is 5. The molecule has 1 aromatic carbocycles. The summed E-state index contributed by atoms with van der Waals surface area (Å²) in [5, 5.41) is 8.35. The van der Waals surface area contributed by atoms with Crippen molar-refractivity contribution in [3.8, 4) is 0 Å². The fourth-order valence-corrected chi connectivity index (χ4v) is 3.34. The van der Waals surface area contributed by atoms with Gasteiger partial charge in [0.05, 0.1) is 4.90 Å². The van der Waals surface area contributed by atoms with Gasteiger partial charge in [-0.05, 0) is 42.9 Å². The molecule has 1 fully saturated rings. The highest BCUT2D eigenvalue weighted by Gasteiger charge is 2.24.